The van der Waals surface area contributed by atoms with Crippen LogP contribution < -0.4 is 10.1 Å². The van der Waals surface area contributed by atoms with Crippen molar-refractivity contribution in [3.63, 3.8) is 0 Å². The van der Waals surface area contributed by atoms with Crippen molar-refractivity contribution in [3.05, 3.63) is 47.5 Å². The van der Waals surface area contributed by atoms with E-state index in [-0.39, 0.29) is 0 Å². The molecule has 0 bridgehead atoms. The van der Waals surface area contributed by atoms with Gasteiger partial charge in [-0.2, -0.15) is 4.98 Å². The fourth-order valence-electron chi connectivity index (χ4n) is 1.74. The van der Waals surface area contributed by atoms with E-state index >= 15 is 0 Å². The molecule has 0 radical (unpaired) electrons. The number of nitrogens with zero attached hydrogens (tertiary/aromatic N) is 1. The molecule has 1 aromatic heterocycles. The van der Waals surface area contributed by atoms with E-state index < -0.39 is 0 Å². The van der Waals surface area contributed by atoms with Gasteiger partial charge in [0.1, 0.15) is 5.82 Å². The second kappa shape index (κ2) is 4.87. The Labute approximate surface area is 101 Å². The van der Waals surface area contributed by atoms with Crippen molar-refractivity contribution < 1.29 is 4.74 Å². The second-order valence-corrected chi connectivity index (χ2v) is 3.96. The SMILES string of the molecule is COc1cccc(Nc2c(C)cccc2C)n1. The van der Waals surface area contributed by atoms with Crippen LogP contribution in [0.5, 0.6) is 5.88 Å². The highest BCUT2D eigenvalue weighted by atomic mass is 16.5. The minimum absolute atomic E-state index is 0.612. The van der Waals surface area contributed by atoms with Gasteiger partial charge >= 0.3 is 0 Å². The minimum Gasteiger partial charge on any atom is -0.481 e. The number of pyridine rings is 1. The highest BCUT2D eigenvalue weighted by molar-refractivity contribution is 5.64. The molecular weight excluding hydrogens is 212 g/mol. The standard InChI is InChI=1S/C14H16N2O/c1-10-6-4-7-11(2)14(10)16-12-8-5-9-13(15-12)17-3/h4-9H,1-3H3,(H,15,16). The van der Waals surface area contributed by atoms with Gasteiger partial charge in [-0.3, -0.25) is 0 Å². The van der Waals surface area contributed by atoms with Gasteiger partial charge in [0.2, 0.25) is 5.88 Å². The lowest BCUT2D eigenvalue weighted by Crippen LogP contribution is -1.98. The smallest absolute Gasteiger partial charge is 0.214 e. The first-order valence-electron chi connectivity index (χ1n) is 5.55. The zero-order chi connectivity index (χ0) is 12.3. The largest absolute Gasteiger partial charge is 0.481 e. The zero-order valence-corrected chi connectivity index (χ0v) is 10.3. The summed E-state index contributed by atoms with van der Waals surface area (Å²) < 4.78 is 5.10. The number of aryl methyl sites for hydroxylation is 2. The molecule has 0 saturated heterocycles. The molecule has 88 valence electrons. The summed E-state index contributed by atoms with van der Waals surface area (Å²) >= 11 is 0. The number of aromatic nitrogens is 1. The predicted molar refractivity (Wildman–Crippen MR) is 70.0 cm³/mol. The number of benzene rings is 1. The Hall–Kier alpha value is -2.03. The van der Waals surface area contributed by atoms with Gasteiger partial charge in [-0.05, 0) is 31.0 Å². The highest BCUT2D eigenvalue weighted by Crippen LogP contribution is 2.24. The second-order valence-electron chi connectivity index (χ2n) is 3.96. The normalized spacial score (nSPS) is 10.1. The van der Waals surface area contributed by atoms with Gasteiger partial charge < -0.3 is 10.1 Å². The molecule has 3 nitrogen and oxygen atoms in total. The zero-order valence-electron chi connectivity index (χ0n) is 10.3. The van der Waals surface area contributed by atoms with Crippen LogP contribution in [0.2, 0.25) is 0 Å². The summed E-state index contributed by atoms with van der Waals surface area (Å²) in [5, 5.41) is 3.32. The van der Waals surface area contributed by atoms with E-state index in [0.717, 1.165) is 11.5 Å². The van der Waals surface area contributed by atoms with E-state index in [9.17, 15) is 0 Å². The molecule has 2 aromatic rings. The van der Waals surface area contributed by atoms with Crippen LogP contribution in [-0.4, -0.2) is 12.1 Å². The lowest BCUT2D eigenvalue weighted by atomic mass is 10.1. The molecule has 0 aliphatic rings. The summed E-state index contributed by atoms with van der Waals surface area (Å²) in [5.74, 6) is 1.41. The van der Waals surface area contributed by atoms with Crippen molar-refractivity contribution in [2.45, 2.75) is 13.8 Å². The van der Waals surface area contributed by atoms with Crippen LogP contribution in [0.25, 0.3) is 0 Å². The Morgan fingerprint density at radius 2 is 1.65 bits per heavy atom. The number of rotatable bonds is 3. The number of anilines is 2. The van der Waals surface area contributed by atoms with E-state index in [1.54, 1.807) is 7.11 Å². The summed E-state index contributed by atoms with van der Waals surface area (Å²) in [6.07, 6.45) is 0. The van der Waals surface area contributed by atoms with Gasteiger partial charge in [0.25, 0.3) is 0 Å². The number of para-hydroxylation sites is 1. The summed E-state index contributed by atoms with van der Waals surface area (Å²) in [7, 11) is 1.62. The molecule has 0 unspecified atom stereocenters. The van der Waals surface area contributed by atoms with Crippen molar-refractivity contribution in [1.82, 2.24) is 4.98 Å². The number of methoxy groups -OCH3 is 1. The lowest BCUT2D eigenvalue weighted by molar-refractivity contribution is 0.398. The van der Waals surface area contributed by atoms with Crippen LogP contribution in [0.4, 0.5) is 11.5 Å². The number of hydrogen-bond donors (Lipinski definition) is 1. The Balaban J connectivity index is 2.31. The maximum atomic E-state index is 5.10. The third-order valence-corrected chi connectivity index (χ3v) is 2.67. The summed E-state index contributed by atoms with van der Waals surface area (Å²) in [4.78, 5) is 4.34. The summed E-state index contributed by atoms with van der Waals surface area (Å²) in [5.41, 5.74) is 3.51. The third-order valence-electron chi connectivity index (χ3n) is 2.67. The van der Waals surface area contributed by atoms with Crippen LogP contribution >= 0.6 is 0 Å². The maximum absolute atomic E-state index is 5.10. The maximum Gasteiger partial charge on any atom is 0.214 e. The minimum atomic E-state index is 0.612. The molecule has 0 aliphatic heterocycles. The Morgan fingerprint density at radius 3 is 2.29 bits per heavy atom. The van der Waals surface area contributed by atoms with Crippen LogP contribution in [0.1, 0.15) is 11.1 Å². The van der Waals surface area contributed by atoms with Crippen molar-refractivity contribution >= 4 is 11.5 Å². The molecule has 3 heteroatoms. The molecule has 0 spiro atoms. The molecule has 0 atom stereocenters. The molecule has 1 heterocycles. The lowest BCUT2D eigenvalue weighted by Gasteiger charge is -2.12. The van der Waals surface area contributed by atoms with Gasteiger partial charge in [-0.1, -0.05) is 24.3 Å². The fraction of sp³-hybridized carbons (Fsp3) is 0.214. The Bertz CT molecular complexity index is 503. The summed E-state index contributed by atoms with van der Waals surface area (Å²) in [6.45, 7) is 4.16. The topological polar surface area (TPSA) is 34.1 Å². The number of nitrogens with one attached hydrogen (secondary N) is 1. The average Bonchev–Trinajstić information content (AvgIpc) is 2.34. The summed E-state index contributed by atoms with van der Waals surface area (Å²) in [6, 6.07) is 11.9. The molecule has 0 amide bonds. The Kier molecular flexibility index (Phi) is 3.28. The van der Waals surface area contributed by atoms with E-state index in [4.69, 9.17) is 4.74 Å². The molecule has 1 N–H and O–H groups in total. The van der Waals surface area contributed by atoms with Crippen LogP contribution in [-0.2, 0) is 0 Å². The van der Waals surface area contributed by atoms with Crippen molar-refractivity contribution in [3.8, 4) is 5.88 Å². The monoisotopic (exact) mass is 228 g/mol. The Morgan fingerprint density at radius 1 is 1.00 bits per heavy atom. The third kappa shape index (κ3) is 2.56. The number of ether oxygens (including phenoxy) is 1. The van der Waals surface area contributed by atoms with Gasteiger partial charge in [-0.15, -0.1) is 0 Å². The van der Waals surface area contributed by atoms with E-state index in [2.05, 4.69) is 42.3 Å². The van der Waals surface area contributed by atoms with Crippen molar-refractivity contribution in [2.75, 3.05) is 12.4 Å². The molecule has 17 heavy (non-hydrogen) atoms. The van der Waals surface area contributed by atoms with E-state index in [1.165, 1.54) is 11.1 Å². The van der Waals surface area contributed by atoms with Gasteiger partial charge in [0, 0.05) is 11.8 Å². The molecule has 0 saturated carbocycles. The molecular formula is C14H16N2O. The van der Waals surface area contributed by atoms with E-state index in [0.29, 0.717) is 5.88 Å². The van der Waals surface area contributed by atoms with Gasteiger partial charge in [-0.25, -0.2) is 0 Å². The molecule has 2 rings (SSSR count). The fourth-order valence-corrected chi connectivity index (χ4v) is 1.74. The highest BCUT2D eigenvalue weighted by Gasteiger charge is 2.03. The van der Waals surface area contributed by atoms with Crippen LogP contribution in [0.15, 0.2) is 36.4 Å². The molecule has 0 fully saturated rings. The number of hydrogen-bond acceptors (Lipinski definition) is 3. The average molecular weight is 228 g/mol. The first-order valence-corrected chi connectivity index (χ1v) is 5.55. The van der Waals surface area contributed by atoms with Gasteiger partial charge in [0.15, 0.2) is 0 Å². The first-order chi connectivity index (χ1) is 8.20. The van der Waals surface area contributed by atoms with Crippen LogP contribution in [0.3, 0.4) is 0 Å². The van der Waals surface area contributed by atoms with Crippen molar-refractivity contribution in [1.29, 1.82) is 0 Å². The van der Waals surface area contributed by atoms with Gasteiger partial charge in [0.05, 0.1) is 7.11 Å². The molecule has 1 aromatic carbocycles. The van der Waals surface area contributed by atoms with Crippen molar-refractivity contribution in [2.24, 2.45) is 0 Å². The predicted octanol–water partition coefficient (Wildman–Crippen LogP) is 3.45. The first kappa shape index (κ1) is 11.5. The molecule has 0 aliphatic carbocycles. The van der Waals surface area contributed by atoms with E-state index in [1.807, 2.05) is 18.2 Å². The van der Waals surface area contributed by atoms with Crippen LogP contribution in [0, 0.1) is 13.8 Å². The quantitative estimate of drug-likeness (QED) is 0.873.